The number of fused-ring (bicyclic) bond motifs is 1. The van der Waals surface area contributed by atoms with Crippen LogP contribution in [0.5, 0.6) is 5.75 Å². The predicted octanol–water partition coefficient (Wildman–Crippen LogP) is 3.74. The smallest absolute Gasteiger partial charge is 0.336 e. The van der Waals surface area contributed by atoms with Crippen molar-refractivity contribution in [2.45, 2.75) is 25.9 Å². The van der Waals surface area contributed by atoms with Gasteiger partial charge in [0.25, 0.3) is 5.91 Å². The Hall–Kier alpha value is -3.39. The number of nitrogens with two attached hydrogens (primary N) is 1. The van der Waals surface area contributed by atoms with Gasteiger partial charge >= 0.3 is 5.63 Å². The van der Waals surface area contributed by atoms with Crippen LogP contribution in [-0.4, -0.2) is 35.9 Å². The van der Waals surface area contributed by atoms with Crippen molar-refractivity contribution < 1.29 is 23.1 Å². The van der Waals surface area contributed by atoms with E-state index in [1.54, 1.807) is 24.0 Å². The minimum Gasteiger partial charge on any atom is -0.481 e. The van der Waals surface area contributed by atoms with Gasteiger partial charge < -0.3 is 19.8 Å². The van der Waals surface area contributed by atoms with Gasteiger partial charge in [-0.1, -0.05) is 11.6 Å². The number of amides is 2. The summed E-state index contributed by atoms with van der Waals surface area (Å²) in [5.41, 5.74) is 6.01. The molecular formula is C24H22ClFN2O5. The average Bonchev–Trinajstić information content (AvgIpc) is 2.78. The van der Waals surface area contributed by atoms with Gasteiger partial charge in [0.15, 0.2) is 6.10 Å². The number of piperidine rings is 1. The summed E-state index contributed by atoms with van der Waals surface area (Å²) in [6.45, 7) is 2.42. The first-order chi connectivity index (χ1) is 15.7. The summed E-state index contributed by atoms with van der Waals surface area (Å²) in [6, 6.07) is 10.1. The lowest BCUT2D eigenvalue weighted by molar-refractivity contribution is -0.141. The standard InChI is InChI=1S/C24H22ClFN2O5/c1-13(24(31)28-8-2-3-14(12-28)23(27)30)32-16-5-7-18-19(11-22(29)33-21(18)10-16)17-6-4-15(26)9-20(17)25/h4-7,9-11,13-14H,2-3,8,12H2,1H3,(H2,27,30)/t13?,14-/m0/s1. The van der Waals surface area contributed by atoms with E-state index in [2.05, 4.69) is 0 Å². The predicted molar refractivity (Wildman–Crippen MR) is 121 cm³/mol. The fourth-order valence-electron chi connectivity index (χ4n) is 4.07. The van der Waals surface area contributed by atoms with Crippen LogP contribution >= 0.6 is 11.6 Å². The Labute approximate surface area is 193 Å². The summed E-state index contributed by atoms with van der Waals surface area (Å²) in [7, 11) is 0. The second-order valence-corrected chi connectivity index (χ2v) is 8.45. The molecule has 0 aliphatic carbocycles. The Kier molecular flexibility index (Phi) is 6.37. The molecule has 0 radical (unpaired) electrons. The van der Waals surface area contributed by atoms with E-state index in [9.17, 15) is 18.8 Å². The lowest BCUT2D eigenvalue weighted by atomic mass is 9.97. The van der Waals surface area contributed by atoms with Crippen LogP contribution in [0.2, 0.25) is 5.02 Å². The van der Waals surface area contributed by atoms with E-state index in [0.717, 1.165) is 0 Å². The topological polar surface area (TPSA) is 103 Å². The first-order valence-corrected chi connectivity index (χ1v) is 10.9. The maximum Gasteiger partial charge on any atom is 0.336 e. The molecule has 7 nitrogen and oxygen atoms in total. The summed E-state index contributed by atoms with van der Waals surface area (Å²) < 4.78 is 24.6. The van der Waals surface area contributed by atoms with Crippen LogP contribution in [0.3, 0.4) is 0 Å². The molecule has 9 heteroatoms. The summed E-state index contributed by atoms with van der Waals surface area (Å²) in [5, 5.41) is 0.743. The molecule has 2 aromatic carbocycles. The molecule has 2 amide bonds. The van der Waals surface area contributed by atoms with Crippen LogP contribution in [0.15, 0.2) is 51.7 Å². The fraction of sp³-hybridized carbons (Fsp3) is 0.292. The molecular weight excluding hydrogens is 451 g/mol. The fourth-order valence-corrected chi connectivity index (χ4v) is 4.34. The average molecular weight is 473 g/mol. The van der Waals surface area contributed by atoms with Gasteiger partial charge in [-0.25, -0.2) is 9.18 Å². The van der Waals surface area contributed by atoms with E-state index < -0.39 is 23.5 Å². The SMILES string of the molecule is CC(Oc1ccc2c(-c3ccc(F)cc3Cl)cc(=O)oc2c1)C(=O)N1CCC[C@H](C(N)=O)C1. The van der Waals surface area contributed by atoms with E-state index in [4.69, 9.17) is 26.5 Å². The monoisotopic (exact) mass is 472 g/mol. The molecule has 1 fully saturated rings. The zero-order valence-corrected chi connectivity index (χ0v) is 18.6. The zero-order valence-electron chi connectivity index (χ0n) is 17.8. The van der Waals surface area contributed by atoms with E-state index in [0.29, 0.717) is 41.6 Å². The van der Waals surface area contributed by atoms with Crippen molar-refractivity contribution in [2.24, 2.45) is 11.7 Å². The third-order valence-electron chi connectivity index (χ3n) is 5.73. The molecule has 33 heavy (non-hydrogen) atoms. The Morgan fingerprint density at radius 3 is 2.73 bits per heavy atom. The van der Waals surface area contributed by atoms with Crippen molar-refractivity contribution in [3.05, 3.63) is 63.7 Å². The molecule has 4 rings (SSSR count). The normalized spacial score (nSPS) is 17.1. The number of hydrogen-bond acceptors (Lipinski definition) is 5. The van der Waals surface area contributed by atoms with Crippen LogP contribution in [0.1, 0.15) is 19.8 Å². The quantitative estimate of drug-likeness (QED) is 0.570. The third kappa shape index (κ3) is 4.85. The van der Waals surface area contributed by atoms with Crippen molar-refractivity contribution in [1.82, 2.24) is 4.90 Å². The van der Waals surface area contributed by atoms with Crippen molar-refractivity contribution >= 4 is 34.4 Å². The van der Waals surface area contributed by atoms with E-state index in [-0.39, 0.29) is 29.0 Å². The summed E-state index contributed by atoms with van der Waals surface area (Å²) in [5.74, 6) is -1.18. The molecule has 2 heterocycles. The maximum atomic E-state index is 13.5. The van der Waals surface area contributed by atoms with Gasteiger partial charge in [0, 0.05) is 41.7 Å². The number of primary amides is 1. The summed E-state index contributed by atoms with van der Waals surface area (Å²) in [6.07, 6.45) is 0.538. The minimum atomic E-state index is -0.824. The molecule has 1 saturated heterocycles. The second kappa shape index (κ2) is 9.23. The molecule has 1 unspecified atom stereocenters. The third-order valence-corrected chi connectivity index (χ3v) is 6.05. The van der Waals surface area contributed by atoms with Crippen LogP contribution < -0.4 is 16.1 Å². The highest BCUT2D eigenvalue weighted by Gasteiger charge is 2.30. The number of carbonyl (C=O) groups excluding carboxylic acids is 2. The van der Waals surface area contributed by atoms with Crippen LogP contribution in [-0.2, 0) is 9.59 Å². The number of nitrogens with zero attached hydrogens (tertiary/aromatic N) is 1. The molecule has 1 aliphatic rings. The van der Waals surface area contributed by atoms with Crippen molar-refractivity contribution in [3.8, 4) is 16.9 Å². The lowest BCUT2D eigenvalue weighted by Gasteiger charge is -2.32. The van der Waals surface area contributed by atoms with Gasteiger partial charge in [0.05, 0.1) is 10.9 Å². The zero-order chi connectivity index (χ0) is 23.7. The number of benzene rings is 2. The molecule has 2 N–H and O–H groups in total. The second-order valence-electron chi connectivity index (χ2n) is 8.05. The molecule has 0 saturated carbocycles. The van der Waals surface area contributed by atoms with Gasteiger partial charge in [-0.3, -0.25) is 9.59 Å². The summed E-state index contributed by atoms with van der Waals surface area (Å²) >= 11 is 6.19. The Bertz CT molecular complexity index is 1290. The lowest BCUT2D eigenvalue weighted by Crippen LogP contribution is -2.48. The Morgan fingerprint density at radius 2 is 2.00 bits per heavy atom. The molecule has 0 bridgehead atoms. The highest BCUT2D eigenvalue weighted by molar-refractivity contribution is 6.33. The van der Waals surface area contributed by atoms with Gasteiger partial charge in [0.2, 0.25) is 5.91 Å². The molecule has 2 atom stereocenters. The van der Waals surface area contributed by atoms with Crippen LogP contribution in [0.4, 0.5) is 4.39 Å². The molecule has 0 spiro atoms. The van der Waals surface area contributed by atoms with Crippen LogP contribution in [0.25, 0.3) is 22.1 Å². The Balaban J connectivity index is 1.59. The van der Waals surface area contributed by atoms with E-state index in [1.165, 1.54) is 30.3 Å². The van der Waals surface area contributed by atoms with Crippen molar-refractivity contribution in [3.63, 3.8) is 0 Å². The first-order valence-electron chi connectivity index (χ1n) is 10.5. The summed E-state index contributed by atoms with van der Waals surface area (Å²) in [4.78, 5) is 38.1. The number of rotatable bonds is 5. The number of hydrogen-bond donors (Lipinski definition) is 1. The highest BCUT2D eigenvalue weighted by atomic mass is 35.5. The van der Waals surface area contributed by atoms with Crippen LogP contribution in [0, 0.1) is 11.7 Å². The minimum absolute atomic E-state index is 0.164. The van der Waals surface area contributed by atoms with Gasteiger partial charge in [0.1, 0.15) is 17.1 Å². The molecule has 172 valence electrons. The van der Waals surface area contributed by atoms with Gasteiger partial charge in [-0.05, 0) is 50.1 Å². The van der Waals surface area contributed by atoms with Gasteiger partial charge in [-0.2, -0.15) is 0 Å². The van der Waals surface area contributed by atoms with Crippen molar-refractivity contribution in [2.75, 3.05) is 13.1 Å². The highest BCUT2D eigenvalue weighted by Crippen LogP contribution is 2.34. The number of likely N-dealkylation sites (tertiary alicyclic amines) is 1. The molecule has 1 aliphatic heterocycles. The largest absolute Gasteiger partial charge is 0.481 e. The maximum absolute atomic E-state index is 13.5. The number of carbonyl (C=O) groups is 2. The molecule has 1 aromatic heterocycles. The van der Waals surface area contributed by atoms with E-state index in [1.807, 2.05) is 0 Å². The molecule has 3 aromatic rings. The van der Waals surface area contributed by atoms with E-state index >= 15 is 0 Å². The first kappa shape index (κ1) is 22.8. The number of halogens is 2. The van der Waals surface area contributed by atoms with Gasteiger partial charge in [-0.15, -0.1) is 0 Å². The Morgan fingerprint density at radius 1 is 1.21 bits per heavy atom. The van der Waals surface area contributed by atoms with Crippen molar-refractivity contribution in [1.29, 1.82) is 0 Å². The number of ether oxygens (including phenoxy) is 1.